The molecule has 4 aliphatic rings. The van der Waals surface area contributed by atoms with Gasteiger partial charge in [-0.05, 0) is 80.5 Å². The van der Waals surface area contributed by atoms with Gasteiger partial charge in [-0.15, -0.1) is 10.2 Å². The summed E-state index contributed by atoms with van der Waals surface area (Å²) in [5.41, 5.74) is 2.50. The Kier molecular flexibility index (Phi) is 3.43. The Hall–Kier alpha value is -2.69. The van der Waals surface area contributed by atoms with Crippen molar-refractivity contribution in [3.63, 3.8) is 0 Å². The third kappa shape index (κ3) is 2.49. The van der Waals surface area contributed by atoms with Crippen LogP contribution in [0.25, 0.3) is 17.0 Å². The zero-order chi connectivity index (χ0) is 18.7. The minimum atomic E-state index is -0.133. The van der Waals surface area contributed by atoms with Crippen molar-refractivity contribution in [1.82, 2.24) is 14.6 Å². The normalized spacial score (nSPS) is 30.6. The number of benzene rings is 1. The van der Waals surface area contributed by atoms with Crippen molar-refractivity contribution in [3.05, 3.63) is 48.7 Å². The summed E-state index contributed by atoms with van der Waals surface area (Å²) in [6.45, 7) is 0. The van der Waals surface area contributed by atoms with E-state index in [1.165, 1.54) is 19.3 Å². The molecule has 3 aromatic rings. The molecule has 2 aromatic heterocycles. The standard InChI is InChI=1S/C23H24N4O/c28-22(23-12-15-8-16(13-23)10-17(9-15)14-23)24-19-5-3-4-18(11-19)21-26-25-20-6-1-2-7-27(20)21/h1-7,11,15-17H,8-10,12-14H2,(H,24,28). The number of amides is 1. The van der Waals surface area contributed by atoms with Crippen LogP contribution in [0.1, 0.15) is 38.5 Å². The van der Waals surface area contributed by atoms with Gasteiger partial charge in [0.1, 0.15) is 0 Å². The first-order valence-electron chi connectivity index (χ1n) is 10.4. The van der Waals surface area contributed by atoms with Gasteiger partial charge in [-0.1, -0.05) is 18.2 Å². The molecule has 0 radical (unpaired) electrons. The third-order valence-corrected chi connectivity index (χ3v) is 7.21. The SMILES string of the molecule is O=C(Nc1cccc(-c2nnc3ccccn23)c1)C12CC3CC(CC(C3)C1)C2. The second-order valence-corrected chi connectivity index (χ2v) is 9.19. The molecule has 0 unspecified atom stereocenters. The van der Waals surface area contributed by atoms with Crippen molar-refractivity contribution in [2.45, 2.75) is 38.5 Å². The monoisotopic (exact) mass is 372 g/mol. The summed E-state index contributed by atoms with van der Waals surface area (Å²) in [4.78, 5) is 13.3. The van der Waals surface area contributed by atoms with Crippen molar-refractivity contribution >= 4 is 17.2 Å². The fourth-order valence-corrected chi connectivity index (χ4v) is 6.43. The maximum Gasteiger partial charge on any atom is 0.230 e. The zero-order valence-electron chi connectivity index (χ0n) is 15.8. The lowest BCUT2D eigenvalue weighted by molar-refractivity contribution is -0.140. The van der Waals surface area contributed by atoms with Gasteiger partial charge >= 0.3 is 0 Å². The predicted molar refractivity (Wildman–Crippen MR) is 108 cm³/mol. The number of hydrogen-bond donors (Lipinski definition) is 1. The second kappa shape index (κ2) is 5.90. The molecule has 4 saturated carbocycles. The predicted octanol–water partition coefficient (Wildman–Crippen LogP) is 4.55. The molecule has 4 bridgehead atoms. The van der Waals surface area contributed by atoms with Gasteiger partial charge < -0.3 is 5.32 Å². The van der Waals surface area contributed by atoms with E-state index < -0.39 is 0 Å². The number of aromatic nitrogens is 3. The third-order valence-electron chi connectivity index (χ3n) is 7.21. The van der Waals surface area contributed by atoms with E-state index in [1.807, 2.05) is 53.1 Å². The van der Waals surface area contributed by atoms with E-state index in [-0.39, 0.29) is 11.3 Å². The highest BCUT2D eigenvalue weighted by atomic mass is 16.2. The van der Waals surface area contributed by atoms with Crippen molar-refractivity contribution in [2.24, 2.45) is 23.2 Å². The van der Waals surface area contributed by atoms with Crippen molar-refractivity contribution in [2.75, 3.05) is 5.32 Å². The van der Waals surface area contributed by atoms with Crippen LogP contribution in [0.5, 0.6) is 0 Å². The number of pyridine rings is 1. The van der Waals surface area contributed by atoms with Gasteiger partial charge in [0.05, 0.1) is 5.41 Å². The number of anilines is 1. The highest BCUT2D eigenvalue weighted by Gasteiger charge is 2.54. The number of hydrogen-bond acceptors (Lipinski definition) is 3. The lowest BCUT2D eigenvalue weighted by Gasteiger charge is -2.55. The van der Waals surface area contributed by atoms with Crippen LogP contribution in [-0.2, 0) is 4.79 Å². The summed E-state index contributed by atoms with van der Waals surface area (Å²) in [5.74, 6) is 3.33. The van der Waals surface area contributed by atoms with Crippen LogP contribution in [-0.4, -0.2) is 20.5 Å². The van der Waals surface area contributed by atoms with E-state index in [2.05, 4.69) is 15.5 Å². The maximum absolute atomic E-state index is 13.3. The molecule has 4 aliphatic carbocycles. The molecular weight excluding hydrogens is 348 g/mol. The van der Waals surface area contributed by atoms with Crippen LogP contribution in [0.4, 0.5) is 5.69 Å². The molecule has 28 heavy (non-hydrogen) atoms. The molecule has 1 N–H and O–H groups in total. The van der Waals surface area contributed by atoms with Gasteiger partial charge in [0, 0.05) is 17.4 Å². The van der Waals surface area contributed by atoms with E-state index in [0.717, 1.165) is 59.7 Å². The summed E-state index contributed by atoms with van der Waals surface area (Å²) in [6, 6.07) is 13.9. The van der Waals surface area contributed by atoms with Gasteiger partial charge in [-0.2, -0.15) is 0 Å². The lowest BCUT2D eigenvalue weighted by Crippen LogP contribution is -2.51. The second-order valence-electron chi connectivity index (χ2n) is 9.19. The summed E-state index contributed by atoms with van der Waals surface area (Å²) in [7, 11) is 0. The Labute approximate surface area is 164 Å². The van der Waals surface area contributed by atoms with Gasteiger partial charge in [0.2, 0.25) is 5.91 Å². The van der Waals surface area contributed by atoms with E-state index in [1.54, 1.807) is 0 Å². The molecule has 7 rings (SSSR count). The van der Waals surface area contributed by atoms with Crippen molar-refractivity contribution in [1.29, 1.82) is 0 Å². The lowest BCUT2D eigenvalue weighted by atomic mass is 9.49. The van der Waals surface area contributed by atoms with E-state index >= 15 is 0 Å². The molecule has 2 heterocycles. The van der Waals surface area contributed by atoms with Gasteiger partial charge in [-0.3, -0.25) is 9.20 Å². The quantitative estimate of drug-likeness (QED) is 0.734. The first-order chi connectivity index (χ1) is 13.7. The van der Waals surface area contributed by atoms with Crippen LogP contribution >= 0.6 is 0 Å². The zero-order valence-corrected chi connectivity index (χ0v) is 15.8. The van der Waals surface area contributed by atoms with E-state index in [4.69, 9.17) is 0 Å². The smallest absolute Gasteiger partial charge is 0.230 e. The van der Waals surface area contributed by atoms with Gasteiger partial charge in [0.25, 0.3) is 0 Å². The first kappa shape index (κ1) is 16.3. The average molecular weight is 372 g/mol. The Morgan fingerprint density at radius 2 is 1.71 bits per heavy atom. The number of nitrogens with one attached hydrogen (secondary N) is 1. The molecular formula is C23H24N4O. The molecule has 0 atom stereocenters. The topological polar surface area (TPSA) is 59.3 Å². The Morgan fingerprint density at radius 1 is 0.964 bits per heavy atom. The van der Waals surface area contributed by atoms with Crippen LogP contribution in [0.2, 0.25) is 0 Å². The molecule has 1 amide bonds. The first-order valence-corrected chi connectivity index (χ1v) is 10.4. The Balaban J connectivity index is 1.29. The maximum atomic E-state index is 13.3. The summed E-state index contributed by atoms with van der Waals surface area (Å²) in [5, 5.41) is 11.8. The Bertz CT molecular complexity index is 1030. The molecule has 5 nitrogen and oxygen atoms in total. The molecule has 0 saturated heterocycles. The average Bonchev–Trinajstić information content (AvgIpc) is 3.11. The summed E-state index contributed by atoms with van der Waals surface area (Å²) < 4.78 is 1.97. The van der Waals surface area contributed by atoms with Crippen LogP contribution in [0, 0.1) is 23.2 Å². The van der Waals surface area contributed by atoms with Gasteiger partial charge in [-0.25, -0.2) is 0 Å². The number of carbonyl (C=O) groups excluding carboxylic acids is 1. The molecule has 142 valence electrons. The largest absolute Gasteiger partial charge is 0.326 e. The summed E-state index contributed by atoms with van der Waals surface area (Å²) in [6.07, 6.45) is 9.26. The minimum Gasteiger partial charge on any atom is -0.326 e. The van der Waals surface area contributed by atoms with Crippen LogP contribution < -0.4 is 5.32 Å². The van der Waals surface area contributed by atoms with E-state index in [0.29, 0.717) is 0 Å². The molecule has 0 aliphatic heterocycles. The highest BCUT2D eigenvalue weighted by molar-refractivity contribution is 5.96. The Morgan fingerprint density at radius 3 is 2.46 bits per heavy atom. The fourth-order valence-electron chi connectivity index (χ4n) is 6.43. The molecule has 5 heteroatoms. The van der Waals surface area contributed by atoms with Crippen molar-refractivity contribution < 1.29 is 4.79 Å². The number of carbonyl (C=O) groups is 1. The number of fused-ring (bicyclic) bond motifs is 1. The number of nitrogens with zero attached hydrogens (tertiary/aromatic N) is 3. The molecule has 0 spiro atoms. The number of rotatable bonds is 3. The van der Waals surface area contributed by atoms with Crippen molar-refractivity contribution in [3.8, 4) is 11.4 Å². The fraction of sp³-hybridized carbons (Fsp3) is 0.435. The molecule has 1 aromatic carbocycles. The summed E-state index contributed by atoms with van der Waals surface area (Å²) >= 11 is 0. The van der Waals surface area contributed by atoms with E-state index in [9.17, 15) is 4.79 Å². The van der Waals surface area contributed by atoms with Crippen LogP contribution in [0.3, 0.4) is 0 Å². The molecule has 4 fully saturated rings. The van der Waals surface area contributed by atoms with Gasteiger partial charge in [0.15, 0.2) is 11.5 Å². The minimum absolute atomic E-state index is 0.133. The highest BCUT2D eigenvalue weighted by Crippen LogP contribution is 2.60. The van der Waals surface area contributed by atoms with Crippen LogP contribution in [0.15, 0.2) is 48.7 Å².